The minimum absolute atomic E-state index is 0.125. The third-order valence-corrected chi connectivity index (χ3v) is 3.45. The van der Waals surface area contributed by atoms with Crippen LogP contribution < -0.4 is 5.32 Å². The standard InChI is InChI=1S/C12H16ClNO/c1-8-6-9(13)7-10(11(8)15)12(2)4-3-5-14-12/h6-7,14-15H,3-5H2,1-2H3. The third-order valence-electron chi connectivity index (χ3n) is 3.23. The molecule has 0 bridgehead atoms. The molecule has 3 heteroatoms. The molecule has 1 aromatic rings. The summed E-state index contributed by atoms with van der Waals surface area (Å²) in [6.07, 6.45) is 2.18. The van der Waals surface area contributed by atoms with Crippen molar-refractivity contribution in [1.82, 2.24) is 5.32 Å². The van der Waals surface area contributed by atoms with E-state index in [2.05, 4.69) is 12.2 Å². The van der Waals surface area contributed by atoms with Crippen LogP contribution in [0.1, 0.15) is 30.9 Å². The van der Waals surface area contributed by atoms with Gasteiger partial charge >= 0.3 is 0 Å². The van der Waals surface area contributed by atoms with Gasteiger partial charge in [-0.2, -0.15) is 0 Å². The maximum Gasteiger partial charge on any atom is 0.123 e. The zero-order valence-electron chi connectivity index (χ0n) is 9.10. The van der Waals surface area contributed by atoms with E-state index in [0.29, 0.717) is 10.8 Å². The van der Waals surface area contributed by atoms with Gasteiger partial charge in [0.15, 0.2) is 0 Å². The summed E-state index contributed by atoms with van der Waals surface area (Å²) in [5, 5.41) is 14.2. The molecular weight excluding hydrogens is 210 g/mol. The monoisotopic (exact) mass is 225 g/mol. The molecule has 1 unspecified atom stereocenters. The minimum atomic E-state index is -0.125. The molecule has 0 amide bonds. The average Bonchev–Trinajstić information content (AvgIpc) is 2.59. The SMILES string of the molecule is Cc1cc(Cl)cc(C2(C)CCCN2)c1O. The second-order valence-corrected chi connectivity index (χ2v) is 4.92. The summed E-state index contributed by atoms with van der Waals surface area (Å²) in [7, 11) is 0. The molecule has 82 valence electrons. The van der Waals surface area contributed by atoms with Crippen LogP contribution in [0.5, 0.6) is 5.75 Å². The van der Waals surface area contributed by atoms with Gasteiger partial charge in [0.05, 0.1) is 0 Å². The number of nitrogens with one attached hydrogen (secondary N) is 1. The molecule has 0 aromatic heterocycles. The molecule has 0 aliphatic carbocycles. The number of phenolic OH excluding ortho intramolecular Hbond substituents is 1. The molecule has 15 heavy (non-hydrogen) atoms. The van der Waals surface area contributed by atoms with Gasteiger partial charge in [0, 0.05) is 16.1 Å². The maximum absolute atomic E-state index is 10.0. The van der Waals surface area contributed by atoms with Crippen LogP contribution in [0, 0.1) is 6.92 Å². The summed E-state index contributed by atoms with van der Waals surface area (Å²) < 4.78 is 0. The van der Waals surface area contributed by atoms with Gasteiger partial charge in [-0.05, 0) is 50.9 Å². The number of phenols is 1. The van der Waals surface area contributed by atoms with Gasteiger partial charge in [0.1, 0.15) is 5.75 Å². The van der Waals surface area contributed by atoms with Crippen molar-refractivity contribution in [2.75, 3.05) is 6.54 Å². The van der Waals surface area contributed by atoms with Crippen LogP contribution >= 0.6 is 11.6 Å². The number of hydrogen-bond acceptors (Lipinski definition) is 2. The topological polar surface area (TPSA) is 32.3 Å². The molecular formula is C12H16ClNO. The van der Waals surface area contributed by atoms with E-state index >= 15 is 0 Å². The van der Waals surface area contributed by atoms with Gasteiger partial charge in [-0.15, -0.1) is 0 Å². The lowest BCUT2D eigenvalue weighted by atomic mass is 9.88. The quantitative estimate of drug-likeness (QED) is 0.770. The van der Waals surface area contributed by atoms with E-state index in [0.717, 1.165) is 30.5 Å². The van der Waals surface area contributed by atoms with Crippen LogP contribution in [-0.2, 0) is 5.54 Å². The Hall–Kier alpha value is -0.730. The first-order chi connectivity index (χ1) is 7.03. The lowest BCUT2D eigenvalue weighted by Crippen LogP contribution is -2.33. The second kappa shape index (κ2) is 3.69. The van der Waals surface area contributed by atoms with Crippen LogP contribution in [-0.4, -0.2) is 11.7 Å². The lowest BCUT2D eigenvalue weighted by molar-refractivity contribution is 0.392. The summed E-state index contributed by atoms with van der Waals surface area (Å²) in [5.74, 6) is 0.372. The largest absolute Gasteiger partial charge is 0.507 e. The summed E-state index contributed by atoms with van der Waals surface area (Å²) >= 11 is 6.02. The van der Waals surface area contributed by atoms with E-state index < -0.39 is 0 Å². The number of aromatic hydroxyl groups is 1. The fraction of sp³-hybridized carbons (Fsp3) is 0.500. The predicted molar refractivity (Wildman–Crippen MR) is 62.4 cm³/mol. The fourth-order valence-electron chi connectivity index (χ4n) is 2.28. The van der Waals surface area contributed by atoms with Crippen LogP contribution in [0.2, 0.25) is 5.02 Å². The zero-order chi connectivity index (χ0) is 11.1. The Balaban J connectivity index is 2.51. The van der Waals surface area contributed by atoms with E-state index in [1.54, 1.807) is 6.07 Å². The Labute approximate surface area is 95.3 Å². The molecule has 2 N–H and O–H groups in total. The van der Waals surface area contributed by atoms with Crippen LogP contribution in [0.4, 0.5) is 0 Å². The van der Waals surface area contributed by atoms with Crippen molar-refractivity contribution in [1.29, 1.82) is 0 Å². The third kappa shape index (κ3) is 1.84. The smallest absolute Gasteiger partial charge is 0.123 e. The van der Waals surface area contributed by atoms with Crippen LogP contribution in [0.25, 0.3) is 0 Å². The summed E-state index contributed by atoms with van der Waals surface area (Å²) in [6.45, 7) is 5.00. The van der Waals surface area contributed by atoms with Crippen molar-refractivity contribution in [3.8, 4) is 5.75 Å². The molecule has 1 aliphatic rings. The molecule has 0 radical (unpaired) electrons. The zero-order valence-corrected chi connectivity index (χ0v) is 9.86. The average molecular weight is 226 g/mol. The van der Waals surface area contributed by atoms with Crippen molar-refractivity contribution in [2.24, 2.45) is 0 Å². The molecule has 1 aromatic carbocycles. The molecule has 2 nitrogen and oxygen atoms in total. The highest BCUT2D eigenvalue weighted by Gasteiger charge is 2.32. The number of halogens is 1. The van der Waals surface area contributed by atoms with Crippen molar-refractivity contribution < 1.29 is 5.11 Å². The Morgan fingerprint density at radius 3 is 2.80 bits per heavy atom. The summed E-state index contributed by atoms with van der Waals surface area (Å²) in [5.41, 5.74) is 1.64. The highest BCUT2D eigenvalue weighted by molar-refractivity contribution is 6.30. The minimum Gasteiger partial charge on any atom is -0.507 e. The normalized spacial score (nSPS) is 25.8. The maximum atomic E-state index is 10.0. The first kappa shape index (κ1) is 10.8. The number of aryl methyl sites for hydroxylation is 1. The number of rotatable bonds is 1. The Kier molecular flexibility index (Phi) is 2.65. The van der Waals surface area contributed by atoms with Crippen LogP contribution in [0.3, 0.4) is 0 Å². The fourth-order valence-corrected chi connectivity index (χ4v) is 2.55. The molecule has 2 rings (SSSR count). The Bertz CT molecular complexity index is 383. The molecule has 1 saturated heterocycles. The van der Waals surface area contributed by atoms with E-state index in [1.165, 1.54) is 0 Å². The second-order valence-electron chi connectivity index (χ2n) is 4.48. The van der Waals surface area contributed by atoms with Gasteiger partial charge in [0.25, 0.3) is 0 Å². The molecule has 0 spiro atoms. The van der Waals surface area contributed by atoms with E-state index in [4.69, 9.17) is 11.6 Å². The van der Waals surface area contributed by atoms with Gasteiger partial charge in [0.2, 0.25) is 0 Å². The predicted octanol–water partition coefficient (Wildman–Crippen LogP) is 2.95. The number of hydrogen-bond donors (Lipinski definition) is 2. The van der Waals surface area contributed by atoms with Gasteiger partial charge in [-0.1, -0.05) is 11.6 Å². The van der Waals surface area contributed by atoms with Crippen molar-refractivity contribution in [3.05, 3.63) is 28.3 Å². The van der Waals surface area contributed by atoms with E-state index in [9.17, 15) is 5.11 Å². The molecule has 1 fully saturated rings. The van der Waals surface area contributed by atoms with Gasteiger partial charge < -0.3 is 10.4 Å². The first-order valence-corrected chi connectivity index (χ1v) is 5.65. The Morgan fingerprint density at radius 2 is 2.20 bits per heavy atom. The summed E-state index contributed by atoms with van der Waals surface area (Å²) in [6, 6.07) is 3.65. The highest BCUT2D eigenvalue weighted by atomic mass is 35.5. The lowest BCUT2D eigenvalue weighted by Gasteiger charge is -2.26. The van der Waals surface area contributed by atoms with Crippen molar-refractivity contribution >= 4 is 11.6 Å². The van der Waals surface area contributed by atoms with Crippen molar-refractivity contribution in [3.63, 3.8) is 0 Å². The molecule has 1 heterocycles. The first-order valence-electron chi connectivity index (χ1n) is 5.27. The Morgan fingerprint density at radius 1 is 1.47 bits per heavy atom. The molecule has 0 saturated carbocycles. The van der Waals surface area contributed by atoms with Gasteiger partial charge in [-0.25, -0.2) is 0 Å². The molecule has 1 atom stereocenters. The van der Waals surface area contributed by atoms with Crippen molar-refractivity contribution in [2.45, 2.75) is 32.2 Å². The molecule has 1 aliphatic heterocycles. The number of benzene rings is 1. The highest BCUT2D eigenvalue weighted by Crippen LogP contribution is 2.38. The van der Waals surface area contributed by atoms with E-state index in [1.807, 2.05) is 13.0 Å². The van der Waals surface area contributed by atoms with E-state index in [-0.39, 0.29) is 5.54 Å². The van der Waals surface area contributed by atoms with Gasteiger partial charge in [-0.3, -0.25) is 0 Å². The summed E-state index contributed by atoms with van der Waals surface area (Å²) in [4.78, 5) is 0. The van der Waals surface area contributed by atoms with Crippen LogP contribution in [0.15, 0.2) is 12.1 Å².